The summed E-state index contributed by atoms with van der Waals surface area (Å²) in [5.41, 5.74) is 1.60. The van der Waals surface area contributed by atoms with Crippen LogP contribution in [0.1, 0.15) is 26.3 Å². The molecule has 28 heavy (non-hydrogen) atoms. The maximum Gasteiger partial charge on any atom is 0.251 e. The molecule has 5 aromatic rings. The quantitative estimate of drug-likeness (QED) is 0.279. The Balaban J connectivity index is 2.15. The number of aldehydes is 1. The van der Waals surface area contributed by atoms with Crippen LogP contribution >= 0.6 is 0 Å². The van der Waals surface area contributed by atoms with E-state index in [0.29, 0.717) is 22.1 Å². The zero-order valence-electron chi connectivity index (χ0n) is 15.0. The number of benzene rings is 5. The highest BCUT2D eigenvalue weighted by molar-refractivity contribution is 6.36. The van der Waals surface area contributed by atoms with Crippen LogP contribution in [-0.2, 0) is 0 Å². The largest absolute Gasteiger partial charge is 0.355 e. The van der Waals surface area contributed by atoms with Gasteiger partial charge in [0.15, 0.2) is 6.29 Å². The zero-order valence-corrected chi connectivity index (χ0v) is 15.0. The lowest BCUT2D eigenvalue weighted by Crippen LogP contribution is -2.18. The molecule has 0 atom stereocenters. The zero-order chi connectivity index (χ0) is 19.4. The van der Waals surface area contributed by atoms with Gasteiger partial charge in [-0.2, -0.15) is 5.26 Å². The van der Waals surface area contributed by atoms with Crippen LogP contribution in [0.25, 0.3) is 43.1 Å². The number of amides is 1. The van der Waals surface area contributed by atoms with E-state index in [1.807, 2.05) is 42.5 Å². The fourth-order valence-corrected chi connectivity index (χ4v) is 4.35. The van der Waals surface area contributed by atoms with E-state index in [1.165, 1.54) is 0 Å². The van der Waals surface area contributed by atoms with Gasteiger partial charge in [-0.3, -0.25) is 9.59 Å². The number of carbonyl (C=O) groups excluding carboxylic acids is 2. The number of nitriles is 1. The number of hydrogen-bond donors (Lipinski definition) is 1. The standard InChI is InChI=1S/C24H14N2O2/c1-26-24(28)20-10-9-19-16-4-2-3-15-13(11-25)5-7-17(22(15)16)18-8-6-14(12-27)21(20)23(18)19/h2-10,12H,1H3,(H,26,28). The van der Waals surface area contributed by atoms with Crippen LogP contribution in [0, 0.1) is 11.3 Å². The van der Waals surface area contributed by atoms with Gasteiger partial charge >= 0.3 is 0 Å². The molecule has 0 fully saturated rings. The van der Waals surface area contributed by atoms with E-state index < -0.39 is 0 Å². The van der Waals surface area contributed by atoms with Crippen molar-refractivity contribution in [2.24, 2.45) is 0 Å². The van der Waals surface area contributed by atoms with Crippen LogP contribution in [-0.4, -0.2) is 19.2 Å². The molecule has 0 saturated heterocycles. The minimum atomic E-state index is -0.226. The van der Waals surface area contributed by atoms with E-state index >= 15 is 0 Å². The molecule has 0 bridgehead atoms. The lowest BCUT2D eigenvalue weighted by molar-refractivity contribution is 0.0964. The highest BCUT2D eigenvalue weighted by Crippen LogP contribution is 2.42. The Kier molecular flexibility index (Phi) is 3.34. The summed E-state index contributed by atoms with van der Waals surface area (Å²) >= 11 is 0. The fraction of sp³-hybridized carbons (Fsp3) is 0.0417. The SMILES string of the molecule is CNC(=O)c1ccc2c3cccc4c(C#N)ccc(c5ccc(C=O)c1c52)c43. The minimum absolute atomic E-state index is 0.226. The van der Waals surface area contributed by atoms with Crippen LogP contribution in [0.2, 0.25) is 0 Å². The normalized spacial score (nSPS) is 11.3. The van der Waals surface area contributed by atoms with Crippen molar-refractivity contribution in [2.75, 3.05) is 7.05 Å². The topological polar surface area (TPSA) is 70.0 Å². The summed E-state index contributed by atoms with van der Waals surface area (Å²) < 4.78 is 0. The molecule has 0 heterocycles. The molecule has 0 saturated carbocycles. The molecule has 0 aliphatic carbocycles. The van der Waals surface area contributed by atoms with Crippen LogP contribution in [0.4, 0.5) is 0 Å². The molecule has 0 unspecified atom stereocenters. The first-order valence-corrected chi connectivity index (χ1v) is 8.93. The molecule has 4 heteroatoms. The van der Waals surface area contributed by atoms with E-state index in [2.05, 4.69) is 11.4 Å². The van der Waals surface area contributed by atoms with Crippen molar-refractivity contribution >= 4 is 55.3 Å². The molecule has 5 aromatic carbocycles. The number of nitrogens with zero attached hydrogens (tertiary/aromatic N) is 1. The van der Waals surface area contributed by atoms with Gasteiger partial charge in [0.05, 0.1) is 11.6 Å². The van der Waals surface area contributed by atoms with Gasteiger partial charge in [-0.1, -0.05) is 42.5 Å². The highest BCUT2D eigenvalue weighted by atomic mass is 16.1. The summed E-state index contributed by atoms with van der Waals surface area (Å²) in [6.07, 6.45) is 0.796. The molecule has 0 aliphatic rings. The van der Waals surface area contributed by atoms with Crippen molar-refractivity contribution in [1.29, 1.82) is 5.26 Å². The molecule has 4 nitrogen and oxygen atoms in total. The maximum absolute atomic E-state index is 12.5. The monoisotopic (exact) mass is 362 g/mol. The second-order valence-electron chi connectivity index (χ2n) is 6.81. The lowest BCUT2D eigenvalue weighted by Gasteiger charge is -2.17. The third-order valence-electron chi connectivity index (χ3n) is 5.53. The van der Waals surface area contributed by atoms with Crippen molar-refractivity contribution in [1.82, 2.24) is 5.32 Å². The Morgan fingerprint density at radius 1 is 0.857 bits per heavy atom. The maximum atomic E-state index is 12.5. The Labute approximate surface area is 160 Å². The van der Waals surface area contributed by atoms with Crippen LogP contribution in [0.3, 0.4) is 0 Å². The average Bonchev–Trinajstić information content (AvgIpc) is 2.75. The highest BCUT2D eigenvalue weighted by Gasteiger charge is 2.19. The van der Waals surface area contributed by atoms with E-state index in [-0.39, 0.29) is 5.91 Å². The van der Waals surface area contributed by atoms with Crippen LogP contribution in [0.5, 0.6) is 0 Å². The van der Waals surface area contributed by atoms with Crippen molar-refractivity contribution < 1.29 is 9.59 Å². The molecule has 0 aromatic heterocycles. The Bertz CT molecular complexity index is 1470. The summed E-state index contributed by atoms with van der Waals surface area (Å²) in [5.74, 6) is -0.226. The van der Waals surface area contributed by atoms with E-state index in [4.69, 9.17) is 0 Å². The van der Waals surface area contributed by atoms with Gasteiger partial charge in [0.2, 0.25) is 0 Å². The number of nitrogens with one attached hydrogen (secondary N) is 1. The molecule has 0 spiro atoms. The third-order valence-corrected chi connectivity index (χ3v) is 5.53. The minimum Gasteiger partial charge on any atom is -0.355 e. The van der Waals surface area contributed by atoms with Gasteiger partial charge < -0.3 is 5.32 Å². The first-order valence-electron chi connectivity index (χ1n) is 8.93. The Hall–Kier alpha value is -3.97. The van der Waals surface area contributed by atoms with Gasteiger partial charge in [-0.05, 0) is 44.5 Å². The van der Waals surface area contributed by atoms with E-state index in [0.717, 1.165) is 44.0 Å². The van der Waals surface area contributed by atoms with Crippen LogP contribution < -0.4 is 5.32 Å². The smallest absolute Gasteiger partial charge is 0.251 e. The van der Waals surface area contributed by atoms with Gasteiger partial charge in [0.1, 0.15) is 0 Å². The van der Waals surface area contributed by atoms with Crippen molar-refractivity contribution in [3.05, 3.63) is 71.3 Å². The van der Waals surface area contributed by atoms with Gasteiger partial charge in [-0.15, -0.1) is 0 Å². The summed E-state index contributed by atoms with van der Waals surface area (Å²) in [6, 6.07) is 19.4. The number of rotatable bonds is 2. The van der Waals surface area contributed by atoms with Crippen LogP contribution in [0.15, 0.2) is 54.6 Å². The first kappa shape index (κ1) is 16.2. The van der Waals surface area contributed by atoms with E-state index in [9.17, 15) is 14.9 Å². The Morgan fingerprint density at radius 2 is 1.50 bits per heavy atom. The first-order chi connectivity index (χ1) is 13.7. The number of carbonyl (C=O) groups is 2. The molecule has 132 valence electrons. The molecule has 5 rings (SSSR count). The van der Waals surface area contributed by atoms with Crippen molar-refractivity contribution in [3.63, 3.8) is 0 Å². The predicted octanol–water partition coefficient (Wildman–Crippen LogP) is 4.78. The summed E-state index contributed by atoms with van der Waals surface area (Å²) in [6.45, 7) is 0. The summed E-state index contributed by atoms with van der Waals surface area (Å²) in [4.78, 5) is 24.2. The summed E-state index contributed by atoms with van der Waals surface area (Å²) in [7, 11) is 1.58. The summed E-state index contributed by atoms with van der Waals surface area (Å²) in [5, 5.41) is 19.6. The molecular formula is C24H14N2O2. The van der Waals surface area contributed by atoms with Gasteiger partial charge in [0.25, 0.3) is 5.91 Å². The second-order valence-corrected chi connectivity index (χ2v) is 6.81. The molecule has 1 amide bonds. The lowest BCUT2D eigenvalue weighted by atomic mass is 9.86. The molecule has 1 N–H and O–H groups in total. The molecular weight excluding hydrogens is 348 g/mol. The number of fused-ring (bicyclic) bond motifs is 2. The fourth-order valence-electron chi connectivity index (χ4n) is 4.35. The van der Waals surface area contributed by atoms with Crippen molar-refractivity contribution in [3.8, 4) is 6.07 Å². The van der Waals surface area contributed by atoms with Gasteiger partial charge in [0, 0.05) is 28.9 Å². The molecule has 0 aliphatic heterocycles. The third kappa shape index (κ3) is 1.93. The average molecular weight is 362 g/mol. The second kappa shape index (κ2) is 5.77. The predicted molar refractivity (Wildman–Crippen MR) is 111 cm³/mol. The van der Waals surface area contributed by atoms with Crippen molar-refractivity contribution in [2.45, 2.75) is 0 Å². The van der Waals surface area contributed by atoms with E-state index in [1.54, 1.807) is 19.2 Å². The molecule has 0 radical (unpaired) electrons. The number of hydrogen-bond acceptors (Lipinski definition) is 3. The Morgan fingerprint density at radius 3 is 2.21 bits per heavy atom. The van der Waals surface area contributed by atoms with Gasteiger partial charge in [-0.25, -0.2) is 0 Å².